The first-order valence-corrected chi connectivity index (χ1v) is 16.1. The Bertz CT molecular complexity index is 1790. The quantitative estimate of drug-likeness (QED) is 0.0925. The highest BCUT2D eigenvalue weighted by Crippen LogP contribution is 2.35. The van der Waals surface area contributed by atoms with Crippen LogP contribution in [0.3, 0.4) is 0 Å². The van der Waals surface area contributed by atoms with Gasteiger partial charge in [-0.2, -0.15) is 26.3 Å². The molecular weight excluding hydrogens is 714 g/mol. The number of hydrogen-bond donors (Lipinski definition) is 5. The third-order valence-electron chi connectivity index (χ3n) is 7.03. The standard InChI is InChI=1S/C28H32N4O4S.2C2HF3O2/c1-18(2)36-28(33)25-17-32(16-24(25)21-6-5-7-22(14-21)27(29)30)15-19-10-12-20(13-11-19)23-8-3-4-9-26(23)37(31,34)35;2*3-2(4,5)1(6)7/h3-14,18,24-25H,15-17H2,1-2H3,(H3,29,30)(H2,31,34,35);2*(H,6,7)/t24-,25+;;/m0../s1. The van der Waals surface area contributed by atoms with Gasteiger partial charge < -0.3 is 20.7 Å². The fourth-order valence-corrected chi connectivity index (χ4v) is 5.61. The second kappa shape index (κ2) is 17.3. The number of esters is 1. The molecule has 4 rings (SSSR count). The Morgan fingerprint density at radius 1 is 0.902 bits per heavy atom. The number of amidine groups is 1. The second-order valence-corrected chi connectivity index (χ2v) is 12.8. The van der Waals surface area contributed by atoms with E-state index in [0.717, 1.165) is 16.7 Å². The lowest BCUT2D eigenvalue weighted by atomic mass is 9.88. The Hall–Kier alpha value is -5.01. The maximum atomic E-state index is 13.0. The van der Waals surface area contributed by atoms with E-state index in [0.29, 0.717) is 30.8 Å². The number of carbonyl (C=O) groups is 3. The van der Waals surface area contributed by atoms with Gasteiger partial charge >= 0.3 is 30.3 Å². The summed E-state index contributed by atoms with van der Waals surface area (Å²) in [4.78, 5) is 33.1. The van der Waals surface area contributed by atoms with Gasteiger partial charge in [-0.25, -0.2) is 23.1 Å². The number of nitrogens with two attached hydrogens (primary N) is 2. The van der Waals surface area contributed by atoms with Crippen LogP contribution in [0.2, 0.25) is 0 Å². The van der Waals surface area contributed by atoms with Crippen molar-refractivity contribution in [3.63, 3.8) is 0 Å². The van der Waals surface area contributed by atoms with Crippen molar-refractivity contribution in [3.8, 4) is 11.1 Å². The average molecular weight is 749 g/mol. The zero-order valence-electron chi connectivity index (χ0n) is 26.9. The molecule has 0 saturated carbocycles. The number of sulfonamides is 1. The van der Waals surface area contributed by atoms with Gasteiger partial charge in [-0.1, -0.05) is 60.7 Å². The summed E-state index contributed by atoms with van der Waals surface area (Å²) in [5.41, 5.74) is 9.63. The molecule has 19 heteroatoms. The van der Waals surface area contributed by atoms with E-state index in [1.54, 1.807) is 24.3 Å². The number of carboxylic acids is 2. The molecule has 12 nitrogen and oxygen atoms in total. The van der Waals surface area contributed by atoms with Crippen molar-refractivity contribution in [2.75, 3.05) is 13.1 Å². The molecule has 7 N–H and O–H groups in total. The maximum absolute atomic E-state index is 13.0. The molecule has 1 aliphatic heterocycles. The number of halogens is 6. The average Bonchev–Trinajstić information content (AvgIpc) is 3.44. The Morgan fingerprint density at radius 3 is 1.90 bits per heavy atom. The number of likely N-dealkylation sites (tertiary alicyclic amines) is 1. The van der Waals surface area contributed by atoms with Gasteiger partial charge in [0.05, 0.1) is 16.9 Å². The molecule has 0 radical (unpaired) electrons. The monoisotopic (exact) mass is 748 g/mol. The molecule has 51 heavy (non-hydrogen) atoms. The third-order valence-corrected chi connectivity index (χ3v) is 7.99. The molecule has 0 amide bonds. The molecule has 0 aliphatic carbocycles. The minimum Gasteiger partial charge on any atom is -0.475 e. The van der Waals surface area contributed by atoms with Gasteiger partial charge in [-0.05, 0) is 42.7 Å². The molecule has 1 heterocycles. The summed E-state index contributed by atoms with van der Waals surface area (Å²) in [5.74, 6) is -6.19. The molecular formula is C32H34F6N4O8S. The first-order chi connectivity index (χ1) is 23.4. The highest BCUT2D eigenvalue weighted by atomic mass is 32.2. The van der Waals surface area contributed by atoms with Crippen LogP contribution in [0.25, 0.3) is 11.1 Å². The van der Waals surface area contributed by atoms with Crippen LogP contribution < -0.4 is 10.9 Å². The van der Waals surface area contributed by atoms with Crippen LogP contribution in [0, 0.1) is 11.3 Å². The zero-order chi connectivity index (χ0) is 38.9. The number of primary sulfonamides is 1. The predicted octanol–water partition coefficient (Wildman–Crippen LogP) is 4.72. The number of alkyl halides is 6. The lowest BCUT2D eigenvalue weighted by molar-refractivity contribution is -0.193. The molecule has 3 aromatic rings. The topological polar surface area (TPSA) is 214 Å². The summed E-state index contributed by atoms with van der Waals surface area (Å²) in [7, 11) is -3.85. The van der Waals surface area contributed by atoms with Crippen molar-refractivity contribution in [2.24, 2.45) is 16.8 Å². The van der Waals surface area contributed by atoms with E-state index in [2.05, 4.69) is 4.90 Å². The number of nitrogens with one attached hydrogen (secondary N) is 1. The van der Waals surface area contributed by atoms with E-state index in [9.17, 15) is 39.6 Å². The summed E-state index contributed by atoms with van der Waals surface area (Å²) >= 11 is 0. The summed E-state index contributed by atoms with van der Waals surface area (Å²) in [6.45, 7) is 5.48. The van der Waals surface area contributed by atoms with Gasteiger partial charge in [-0.3, -0.25) is 15.1 Å². The Morgan fingerprint density at radius 2 is 1.43 bits per heavy atom. The number of nitrogen functional groups attached to an aromatic ring is 1. The van der Waals surface area contributed by atoms with E-state index < -0.39 is 34.3 Å². The van der Waals surface area contributed by atoms with Gasteiger partial charge in [-0.15, -0.1) is 0 Å². The molecule has 1 fully saturated rings. The summed E-state index contributed by atoms with van der Waals surface area (Å²) in [5, 5.41) is 27.4. The Kier molecular flexibility index (Phi) is 14.3. The molecule has 0 unspecified atom stereocenters. The van der Waals surface area contributed by atoms with Crippen LogP contribution in [-0.2, 0) is 35.7 Å². The largest absolute Gasteiger partial charge is 0.490 e. The number of ether oxygens (including phenoxy) is 1. The minimum absolute atomic E-state index is 0.0119. The summed E-state index contributed by atoms with van der Waals surface area (Å²) in [6, 6.07) is 21.8. The first kappa shape index (κ1) is 42.2. The Labute approximate surface area is 288 Å². The fourth-order valence-electron chi connectivity index (χ4n) is 4.85. The smallest absolute Gasteiger partial charge is 0.475 e. The number of aliphatic carboxylic acids is 2. The molecule has 0 spiro atoms. The van der Waals surface area contributed by atoms with Crippen LogP contribution in [0.1, 0.15) is 36.5 Å². The van der Waals surface area contributed by atoms with Crippen molar-refractivity contribution in [1.82, 2.24) is 4.90 Å². The van der Waals surface area contributed by atoms with Gasteiger partial charge in [0, 0.05) is 36.7 Å². The van der Waals surface area contributed by atoms with E-state index in [1.165, 1.54) is 6.07 Å². The SMILES string of the molecule is CC(C)OC(=O)[C@@H]1CN(Cc2ccc(-c3ccccc3S(N)(=O)=O)cc2)C[C@H]1c1cccc(C(=N)N)c1.O=C(O)C(F)(F)F.O=C(O)C(F)(F)F. The Balaban J connectivity index is 0.000000543. The normalized spacial score (nSPS) is 16.3. The van der Waals surface area contributed by atoms with Gasteiger partial charge in [0.2, 0.25) is 10.0 Å². The van der Waals surface area contributed by atoms with Crippen molar-refractivity contribution in [1.29, 1.82) is 5.41 Å². The van der Waals surface area contributed by atoms with E-state index in [-0.39, 0.29) is 34.6 Å². The minimum atomic E-state index is -5.08. The van der Waals surface area contributed by atoms with Crippen LogP contribution in [0.15, 0.2) is 77.7 Å². The van der Waals surface area contributed by atoms with Crippen LogP contribution in [-0.4, -0.2) is 78.8 Å². The van der Waals surface area contributed by atoms with E-state index in [1.807, 2.05) is 56.3 Å². The van der Waals surface area contributed by atoms with Gasteiger partial charge in [0.15, 0.2) is 0 Å². The number of benzene rings is 3. The van der Waals surface area contributed by atoms with E-state index >= 15 is 0 Å². The maximum Gasteiger partial charge on any atom is 0.490 e. The molecule has 3 aromatic carbocycles. The predicted molar refractivity (Wildman–Crippen MR) is 171 cm³/mol. The number of carbonyl (C=O) groups excluding carboxylic acids is 1. The lowest BCUT2D eigenvalue weighted by Gasteiger charge is -2.19. The van der Waals surface area contributed by atoms with Gasteiger partial charge in [0.25, 0.3) is 0 Å². The molecule has 1 aliphatic rings. The van der Waals surface area contributed by atoms with Crippen molar-refractivity contribution in [3.05, 3.63) is 89.5 Å². The van der Waals surface area contributed by atoms with Crippen LogP contribution in [0.4, 0.5) is 26.3 Å². The third kappa shape index (κ3) is 13.0. The van der Waals surface area contributed by atoms with Crippen LogP contribution in [0.5, 0.6) is 0 Å². The van der Waals surface area contributed by atoms with Crippen molar-refractivity contribution >= 4 is 33.8 Å². The number of rotatable bonds is 8. The summed E-state index contributed by atoms with van der Waals surface area (Å²) in [6.07, 6.45) is -10.4. The zero-order valence-corrected chi connectivity index (χ0v) is 27.7. The first-order valence-electron chi connectivity index (χ1n) is 14.6. The molecule has 278 valence electrons. The number of hydrogen-bond acceptors (Lipinski definition) is 8. The second-order valence-electron chi connectivity index (χ2n) is 11.3. The molecule has 0 aromatic heterocycles. The number of nitrogens with zero attached hydrogens (tertiary/aromatic N) is 1. The number of carboxylic acid groups (broad SMARTS) is 2. The van der Waals surface area contributed by atoms with Crippen LogP contribution >= 0.6 is 0 Å². The highest BCUT2D eigenvalue weighted by molar-refractivity contribution is 7.89. The molecule has 1 saturated heterocycles. The van der Waals surface area contributed by atoms with Crippen molar-refractivity contribution in [2.45, 2.75) is 49.7 Å². The molecule has 0 bridgehead atoms. The van der Waals surface area contributed by atoms with Gasteiger partial charge in [0.1, 0.15) is 5.84 Å². The lowest BCUT2D eigenvalue weighted by Crippen LogP contribution is -2.27. The summed E-state index contributed by atoms with van der Waals surface area (Å²) < 4.78 is 93.0. The van der Waals surface area contributed by atoms with E-state index in [4.69, 9.17) is 40.8 Å². The molecule has 2 atom stereocenters. The highest BCUT2D eigenvalue weighted by Gasteiger charge is 2.40. The van der Waals surface area contributed by atoms with Crippen molar-refractivity contribution < 1.29 is 64.1 Å². The fraction of sp³-hybridized carbons (Fsp3) is 0.312.